The molecular weight excluding hydrogens is 426 g/mol. The SMILES string of the molecule is CCOc1ccc(/C=N/NC(=O)CSc2nnc(-c3ccc(C)cc3)n2CC)cc1OC. The van der Waals surface area contributed by atoms with Crippen molar-refractivity contribution in [1.82, 2.24) is 20.2 Å². The lowest BCUT2D eigenvalue weighted by Gasteiger charge is -2.09. The van der Waals surface area contributed by atoms with Crippen LogP contribution in [0.2, 0.25) is 0 Å². The van der Waals surface area contributed by atoms with Crippen LogP contribution >= 0.6 is 11.8 Å². The van der Waals surface area contributed by atoms with E-state index in [2.05, 4.69) is 20.7 Å². The minimum atomic E-state index is -0.230. The number of nitrogens with zero attached hydrogens (tertiary/aromatic N) is 4. The van der Waals surface area contributed by atoms with Crippen molar-refractivity contribution >= 4 is 23.9 Å². The molecule has 168 valence electrons. The van der Waals surface area contributed by atoms with Crippen LogP contribution in [0.25, 0.3) is 11.4 Å². The molecule has 9 heteroatoms. The third-order valence-corrected chi connectivity index (χ3v) is 5.53. The molecule has 1 aromatic heterocycles. The summed E-state index contributed by atoms with van der Waals surface area (Å²) in [5.74, 6) is 2.01. The number of hydrogen-bond donors (Lipinski definition) is 1. The first-order valence-electron chi connectivity index (χ1n) is 10.3. The number of thioether (sulfide) groups is 1. The summed E-state index contributed by atoms with van der Waals surface area (Å²) in [6.45, 7) is 7.24. The number of benzene rings is 2. The summed E-state index contributed by atoms with van der Waals surface area (Å²) < 4.78 is 12.8. The van der Waals surface area contributed by atoms with Crippen molar-refractivity contribution in [3.05, 3.63) is 53.6 Å². The lowest BCUT2D eigenvalue weighted by atomic mass is 10.1. The van der Waals surface area contributed by atoms with Gasteiger partial charge in [-0.15, -0.1) is 10.2 Å². The van der Waals surface area contributed by atoms with Crippen LogP contribution in [0.3, 0.4) is 0 Å². The number of methoxy groups -OCH3 is 1. The van der Waals surface area contributed by atoms with Crippen LogP contribution in [0, 0.1) is 6.92 Å². The summed E-state index contributed by atoms with van der Waals surface area (Å²) in [4.78, 5) is 12.2. The van der Waals surface area contributed by atoms with Crippen LogP contribution in [0.4, 0.5) is 0 Å². The molecule has 32 heavy (non-hydrogen) atoms. The second-order valence-electron chi connectivity index (χ2n) is 6.84. The molecule has 1 amide bonds. The first kappa shape index (κ1) is 23.3. The van der Waals surface area contributed by atoms with Crippen molar-refractivity contribution in [3.63, 3.8) is 0 Å². The van der Waals surface area contributed by atoms with Gasteiger partial charge in [-0.05, 0) is 44.5 Å². The average Bonchev–Trinajstić information content (AvgIpc) is 3.22. The maximum absolute atomic E-state index is 12.2. The Kier molecular flexibility index (Phi) is 8.27. The highest BCUT2D eigenvalue weighted by atomic mass is 32.2. The lowest BCUT2D eigenvalue weighted by molar-refractivity contribution is -0.118. The van der Waals surface area contributed by atoms with Gasteiger partial charge < -0.3 is 14.0 Å². The fourth-order valence-corrected chi connectivity index (χ4v) is 3.77. The van der Waals surface area contributed by atoms with E-state index in [1.807, 2.05) is 61.7 Å². The fraction of sp³-hybridized carbons (Fsp3) is 0.304. The second kappa shape index (κ2) is 11.3. The highest BCUT2D eigenvalue weighted by Gasteiger charge is 2.14. The van der Waals surface area contributed by atoms with Crippen molar-refractivity contribution in [2.75, 3.05) is 19.5 Å². The van der Waals surface area contributed by atoms with Gasteiger partial charge in [-0.25, -0.2) is 5.43 Å². The van der Waals surface area contributed by atoms with Crippen LogP contribution in [0.1, 0.15) is 25.0 Å². The minimum Gasteiger partial charge on any atom is -0.493 e. The molecule has 1 heterocycles. The van der Waals surface area contributed by atoms with E-state index in [0.717, 1.165) is 17.0 Å². The number of aryl methyl sites for hydroxylation is 1. The summed E-state index contributed by atoms with van der Waals surface area (Å²) in [5.41, 5.74) is 5.51. The van der Waals surface area contributed by atoms with Gasteiger partial charge in [0, 0.05) is 12.1 Å². The molecule has 0 spiro atoms. The van der Waals surface area contributed by atoms with E-state index in [4.69, 9.17) is 9.47 Å². The third-order valence-electron chi connectivity index (χ3n) is 4.57. The number of hydrazone groups is 1. The van der Waals surface area contributed by atoms with Gasteiger partial charge >= 0.3 is 0 Å². The zero-order valence-electron chi connectivity index (χ0n) is 18.7. The van der Waals surface area contributed by atoms with Gasteiger partial charge in [-0.1, -0.05) is 41.6 Å². The van der Waals surface area contributed by atoms with E-state index < -0.39 is 0 Å². The van der Waals surface area contributed by atoms with Crippen molar-refractivity contribution in [2.45, 2.75) is 32.5 Å². The quantitative estimate of drug-likeness (QED) is 0.284. The number of carbonyl (C=O) groups excluding carboxylic acids is 1. The van der Waals surface area contributed by atoms with Gasteiger partial charge in [0.15, 0.2) is 22.5 Å². The highest BCUT2D eigenvalue weighted by molar-refractivity contribution is 7.99. The molecule has 0 aliphatic rings. The lowest BCUT2D eigenvalue weighted by Crippen LogP contribution is -2.20. The average molecular weight is 454 g/mol. The molecule has 3 aromatic rings. The van der Waals surface area contributed by atoms with Crippen LogP contribution < -0.4 is 14.9 Å². The molecule has 0 aliphatic carbocycles. The van der Waals surface area contributed by atoms with E-state index in [-0.39, 0.29) is 11.7 Å². The Labute approximate surface area is 192 Å². The molecule has 0 radical (unpaired) electrons. The zero-order chi connectivity index (χ0) is 22.9. The molecular formula is C23H27N5O3S. The highest BCUT2D eigenvalue weighted by Crippen LogP contribution is 2.27. The summed E-state index contributed by atoms with van der Waals surface area (Å²) >= 11 is 1.33. The smallest absolute Gasteiger partial charge is 0.250 e. The third kappa shape index (κ3) is 5.88. The number of hydrogen-bond acceptors (Lipinski definition) is 7. The van der Waals surface area contributed by atoms with E-state index >= 15 is 0 Å². The number of ether oxygens (including phenoxy) is 2. The zero-order valence-corrected chi connectivity index (χ0v) is 19.5. The second-order valence-corrected chi connectivity index (χ2v) is 7.78. The van der Waals surface area contributed by atoms with E-state index in [1.54, 1.807) is 19.4 Å². The summed E-state index contributed by atoms with van der Waals surface area (Å²) in [6.07, 6.45) is 1.56. The normalized spacial score (nSPS) is 11.0. The standard InChI is InChI=1S/C23H27N5O3S/c1-5-28-22(18-10-7-16(3)8-11-18)26-27-23(28)32-15-21(29)25-24-14-17-9-12-19(31-6-2)20(13-17)30-4/h7-14H,5-6,15H2,1-4H3,(H,25,29)/b24-14+. The van der Waals surface area contributed by atoms with Crippen LogP contribution in [-0.2, 0) is 11.3 Å². The summed E-state index contributed by atoms with van der Waals surface area (Å²) in [5, 5.41) is 13.3. The van der Waals surface area contributed by atoms with Crippen molar-refractivity contribution in [3.8, 4) is 22.9 Å². The molecule has 0 atom stereocenters. The largest absolute Gasteiger partial charge is 0.493 e. The van der Waals surface area contributed by atoms with Crippen LogP contribution in [0.15, 0.2) is 52.7 Å². The van der Waals surface area contributed by atoms with Crippen LogP contribution in [-0.4, -0.2) is 46.4 Å². The van der Waals surface area contributed by atoms with Crippen molar-refractivity contribution in [2.24, 2.45) is 5.10 Å². The van der Waals surface area contributed by atoms with Crippen molar-refractivity contribution in [1.29, 1.82) is 0 Å². The first-order chi connectivity index (χ1) is 15.5. The topological polar surface area (TPSA) is 90.6 Å². The number of rotatable bonds is 10. The molecule has 3 rings (SSSR count). The Morgan fingerprint density at radius 1 is 1.16 bits per heavy atom. The molecule has 0 bridgehead atoms. The number of amides is 1. The molecule has 0 saturated carbocycles. The number of aromatic nitrogens is 3. The van der Waals surface area contributed by atoms with Crippen molar-refractivity contribution < 1.29 is 14.3 Å². The Balaban J connectivity index is 1.58. The molecule has 1 N–H and O–H groups in total. The predicted octanol–water partition coefficient (Wildman–Crippen LogP) is 3.92. The predicted molar refractivity (Wildman–Crippen MR) is 126 cm³/mol. The Morgan fingerprint density at radius 3 is 2.62 bits per heavy atom. The van der Waals surface area contributed by atoms with E-state index in [1.165, 1.54) is 17.3 Å². The number of carbonyl (C=O) groups is 1. The van der Waals surface area contributed by atoms with Gasteiger partial charge in [-0.3, -0.25) is 4.79 Å². The Hall–Kier alpha value is -3.33. The van der Waals surface area contributed by atoms with Crippen LogP contribution in [0.5, 0.6) is 11.5 Å². The van der Waals surface area contributed by atoms with Gasteiger partial charge in [0.25, 0.3) is 5.91 Å². The van der Waals surface area contributed by atoms with E-state index in [9.17, 15) is 4.79 Å². The fourth-order valence-electron chi connectivity index (χ4n) is 2.98. The van der Waals surface area contributed by atoms with Gasteiger partial charge in [0.1, 0.15) is 0 Å². The molecule has 0 fully saturated rings. The minimum absolute atomic E-state index is 0.177. The monoisotopic (exact) mass is 453 g/mol. The summed E-state index contributed by atoms with van der Waals surface area (Å²) in [7, 11) is 1.58. The maximum Gasteiger partial charge on any atom is 0.250 e. The molecule has 0 aliphatic heterocycles. The Bertz CT molecular complexity index is 1080. The summed E-state index contributed by atoms with van der Waals surface area (Å²) in [6, 6.07) is 13.6. The first-order valence-corrected chi connectivity index (χ1v) is 11.3. The Morgan fingerprint density at radius 2 is 1.94 bits per heavy atom. The van der Waals surface area contributed by atoms with Gasteiger partial charge in [0.05, 0.1) is 25.7 Å². The molecule has 2 aromatic carbocycles. The van der Waals surface area contributed by atoms with Gasteiger partial charge in [0.2, 0.25) is 0 Å². The number of nitrogens with one attached hydrogen (secondary N) is 1. The van der Waals surface area contributed by atoms with Gasteiger partial charge in [-0.2, -0.15) is 5.10 Å². The van der Waals surface area contributed by atoms with E-state index in [0.29, 0.717) is 29.8 Å². The molecule has 0 saturated heterocycles. The molecule has 0 unspecified atom stereocenters. The molecule has 8 nitrogen and oxygen atoms in total. The maximum atomic E-state index is 12.2.